The summed E-state index contributed by atoms with van der Waals surface area (Å²) in [5.41, 5.74) is 2.57. The van der Waals surface area contributed by atoms with Crippen LogP contribution in [0.5, 0.6) is 0 Å². The number of hydrogen-bond acceptors (Lipinski definition) is 3. The molecule has 1 spiro atoms. The van der Waals surface area contributed by atoms with Crippen LogP contribution in [0, 0.1) is 0 Å². The number of hydrogen-bond donors (Lipinski definition) is 0. The van der Waals surface area contributed by atoms with Crippen LogP contribution in [-0.2, 0) is 27.3 Å². The van der Waals surface area contributed by atoms with Crippen molar-refractivity contribution < 1.29 is 20.8 Å². The third-order valence-electron chi connectivity index (χ3n) is 17.7. The van der Waals surface area contributed by atoms with Gasteiger partial charge < -0.3 is 0 Å². The molecule has 0 saturated carbocycles. The van der Waals surface area contributed by atoms with Crippen molar-refractivity contribution in [2.75, 3.05) is 6.61 Å². The predicted molar refractivity (Wildman–Crippen MR) is 101 cm³/mol. The quantitative estimate of drug-likeness (QED) is 0.353. The van der Waals surface area contributed by atoms with Gasteiger partial charge in [-0.25, -0.2) is 0 Å². The number of benzene rings is 1. The molecule has 0 radical (unpaired) electrons. The molecule has 0 bridgehead atoms. The van der Waals surface area contributed by atoms with Gasteiger partial charge in [-0.2, -0.15) is 0 Å². The average molecular weight is 416 g/mol. The molecule has 3 nitrogen and oxygen atoms in total. The summed E-state index contributed by atoms with van der Waals surface area (Å²) in [7, 11) is 0. The molecule has 28 heavy (non-hydrogen) atoms. The fraction of sp³-hybridized carbons (Fsp3) is 0.583. The molecule has 10 heterocycles. The van der Waals surface area contributed by atoms with E-state index in [4.69, 9.17) is 4.74 Å². The van der Waals surface area contributed by atoms with E-state index in [9.17, 15) is 9.59 Å². The Bertz CT molecular complexity index is 1550. The summed E-state index contributed by atoms with van der Waals surface area (Å²) in [5, 5.41) is 0. The second-order valence-electron chi connectivity index (χ2n) is 13.4. The Hall–Kier alpha value is -1.38. The average Bonchev–Trinajstić information content (AvgIpc) is 3.61. The maximum atomic E-state index is 14.0. The van der Waals surface area contributed by atoms with Gasteiger partial charge in [0, 0.05) is 0 Å². The van der Waals surface area contributed by atoms with Gasteiger partial charge in [-0.15, -0.1) is 0 Å². The zero-order chi connectivity index (χ0) is 18.6. The molecular formula is C24H24FeO3. The summed E-state index contributed by atoms with van der Waals surface area (Å²) >= 11 is 0. The number of ether oxygens (including phenoxy) is 1. The Morgan fingerprint density at radius 3 is 2.11 bits per heavy atom. The van der Waals surface area contributed by atoms with Crippen molar-refractivity contribution in [1.82, 2.24) is 0 Å². The molecule has 0 N–H and O–H groups in total. The van der Waals surface area contributed by atoms with E-state index >= 15 is 0 Å². The molecule has 10 fully saturated rings. The molecule has 4 heteroatoms. The Balaban J connectivity index is 1.15. The number of allylic oxidation sites excluding steroid dienone is 1. The number of fused-ring (bicyclic) bond motifs is 10. The SMILES string of the molecule is CCOC(=O)C=C(C)[C]12[CH]3[CH]4[CH]5[CH]1[Fe]45321678[CH]2[CH]1[CH]6[C]7(C(=O)Cc1ccccc1)[CH]28. The molecule has 10 aliphatic rings. The first kappa shape index (κ1) is 13.0. The van der Waals surface area contributed by atoms with E-state index in [0.717, 1.165) is 38.5 Å². The minimum absolute atomic E-state index is 0.152. The van der Waals surface area contributed by atoms with Gasteiger partial charge in [0.1, 0.15) is 0 Å². The standard InChI is InChI=1S/C13H11O.C11H13O2.Fe/c14-13(12-8-4-5-9-12)10-11-6-2-1-3-7-11;1-3-13-11(12)8-9(2)10-6-4-5-7-10;/h1-9H,10H2;4-8H,3H2,1-2H3;. The third-order valence-corrected chi connectivity index (χ3v) is 60.6. The first-order chi connectivity index (χ1) is 13.3. The van der Waals surface area contributed by atoms with Crippen LogP contribution >= 0.6 is 0 Å². The zero-order valence-electron chi connectivity index (χ0n) is 16.1. The summed E-state index contributed by atoms with van der Waals surface area (Å²) in [6.07, 6.45) is 2.52. The van der Waals surface area contributed by atoms with Crippen LogP contribution in [-0.4, -0.2) is 18.4 Å². The topological polar surface area (TPSA) is 43.4 Å². The second-order valence-corrected chi connectivity index (χ2v) is 36.6. The van der Waals surface area contributed by atoms with Gasteiger partial charge in [0.2, 0.25) is 0 Å². The first-order valence-electron chi connectivity index (χ1n) is 10.9. The van der Waals surface area contributed by atoms with E-state index in [1.54, 1.807) is 0 Å². The van der Waals surface area contributed by atoms with Crippen LogP contribution in [0.3, 0.4) is 0 Å². The first-order valence-corrected chi connectivity index (χ1v) is 17.1. The molecule has 0 aromatic heterocycles. The molecule has 10 saturated heterocycles. The molecule has 11 rings (SSSR count). The number of ketones is 1. The Kier molecular flexibility index (Phi) is 0.714. The van der Waals surface area contributed by atoms with E-state index in [-0.39, 0.29) is 10.3 Å². The van der Waals surface area contributed by atoms with Crippen molar-refractivity contribution in [2.45, 2.75) is 67.4 Å². The maximum absolute atomic E-state index is 14.0. The monoisotopic (exact) mass is 416 g/mol. The Labute approximate surface area is 154 Å². The molecule has 1 aromatic rings. The van der Waals surface area contributed by atoms with Crippen molar-refractivity contribution in [3.63, 3.8) is 0 Å². The summed E-state index contributed by atoms with van der Waals surface area (Å²) in [6.45, 7) is 0.689. The van der Waals surface area contributed by atoms with E-state index in [1.807, 2.05) is 19.1 Å². The summed E-state index contributed by atoms with van der Waals surface area (Å²) < 4.78 is 5.88. The summed E-state index contributed by atoms with van der Waals surface area (Å²) in [4.78, 5) is 34.0. The van der Waals surface area contributed by atoms with Crippen molar-refractivity contribution in [1.29, 1.82) is 0 Å². The summed E-state index contributed by atoms with van der Waals surface area (Å²) in [6, 6.07) is 10.4. The van der Waals surface area contributed by atoms with Crippen LogP contribution < -0.4 is 0 Å². The third kappa shape index (κ3) is 0.210. The van der Waals surface area contributed by atoms with Crippen LogP contribution in [0.1, 0.15) is 19.4 Å². The van der Waals surface area contributed by atoms with Gasteiger partial charge in [-0.3, -0.25) is 0 Å². The number of esters is 1. The number of carbonyl (C=O) groups excluding carboxylic acids is 2. The molecule has 146 valence electrons. The fourth-order valence-electron chi connectivity index (χ4n) is 19.8. The predicted octanol–water partition coefficient (Wildman–Crippen LogP) is 5.44. The molecule has 0 amide bonds. The van der Waals surface area contributed by atoms with Crippen molar-refractivity contribution in [2.24, 2.45) is 0 Å². The number of rotatable bonds is 6. The number of Topliss-reactive ketones (excluding diaryl/α,β-unsaturated/α-hetero) is 1. The van der Waals surface area contributed by atoms with Gasteiger partial charge in [0.25, 0.3) is 0 Å². The van der Waals surface area contributed by atoms with Gasteiger partial charge >= 0.3 is 154 Å². The van der Waals surface area contributed by atoms with Crippen LogP contribution in [0.15, 0.2) is 42.0 Å². The number of carbonyl (C=O) groups is 2. The van der Waals surface area contributed by atoms with E-state index in [1.165, 1.54) is 11.1 Å². The van der Waals surface area contributed by atoms with Gasteiger partial charge in [-0.05, 0) is 0 Å². The molecule has 0 aliphatic carbocycles. The molecule has 8 atom stereocenters. The Morgan fingerprint density at radius 2 is 1.57 bits per heavy atom. The van der Waals surface area contributed by atoms with Crippen molar-refractivity contribution >= 4 is 11.8 Å². The van der Waals surface area contributed by atoms with E-state index < -0.39 is 6.51 Å². The summed E-state index contributed by atoms with van der Waals surface area (Å²) in [5.74, 6) is 0.495. The zero-order valence-corrected chi connectivity index (χ0v) is 17.2. The van der Waals surface area contributed by atoms with Gasteiger partial charge in [0.05, 0.1) is 0 Å². The van der Waals surface area contributed by atoms with Crippen LogP contribution in [0.4, 0.5) is 0 Å². The van der Waals surface area contributed by atoms with E-state index in [0.29, 0.717) is 23.1 Å². The van der Waals surface area contributed by atoms with Crippen molar-refractivity contribution in [3.8, 4) is 0 Å². The van der Waals surface area contributed by atoms with Gasteiger partial charge in [-0.1, -0.05) is 0 Å². The second kappa shape index (κ2) is 1.53. The van der Waals surface area contributed by atoms with E-state index in [2.05, 4.69) is 31.2 Å². The molecule has 10 aliphatic heterocycles. The normalized spacial score (nSPS) is 79.9. The minimum atomic E-state index is -3.88. The molecule has 1 aromatic carbocycles. The van der Waals surface area contributed by atoms with Crippen LogP contribution in [0.2, 0.25) is 47.2 Å². The molecule has 8 unspecified atom stereocenters. The fourth-order valence-corrected chi connectivity index (χ4v) is 96.6. The van der Waals surface area contributed by atoms with Gasteiger partial charge in [0.15, 0.2) is 0 Å². The molecular weight excluding hydrogens is 392 g/mol. The van der Waals surface area contributed by atoms with Crippen molar-refractivity contribution in [3.05, 3.63) is 47.5 Å². The Morgan fingerprint density at radius 1 is 1.00 bits per heavy atom. The van der Waals surface area contributed by atoms with Crippen LogP contribution in [0.25, 0.3) is 0 Å².